The first-order valence-electron chi connectivity index (χ1n) is 6.02. The number of aryl methyl sites for hydroxylation is 1. The van der Waals surface area contributed by atoms with Crippen molar-refractivity contribution in [2.24, 2.45) is 0 Å². The lowest BCUT2D eigenvalue weighted by atomic mass is 10.1. The molecule has 1 heterocycles. The fourth-order valence-electron chi connectivity index (χ4n) is 1.54. The number of hydrogen-bond acceptors (Lipinski definition) is 6. The maximum Gasteiger partial charge on any atom is 0.276 e. The van der Waals surface area contributed by atoms with Crippen LogP contribution in [-0.2, 0) is 4.74 Å². The van der Waals surface area contributed by atoms with E-state index in [9.17, 15) is 0 Å². The molecule has 1 aromatic heterocycles. The van der Waals surface area contributed by atoms with Crippen molar-refractivity contribution in [1.29, 1.82) is 0 Å². The third kappa shape index (κ3) is 4.05. The summed E-state index contributed by atoms with van der Waals surface area (Å²) in [6, 6.07) is 7.89. The summed E-state index contributed by atoms with van der Waals surface area (Å²) in [6.45, 7) is 2.96. The number of thioether (sulfide) groups is 1. The van der Waals surface area contributed by atoms with Crippen LogP contribution in [0.4, 0.5) is 0 Å². The topological polar surface area (TPSA) is 68.4 Å². The van der Waals surface area contributed by atoms with Crippen LogP contribution in [0, 0.1) is 6.92 Å². The van der Waals surface area contributed by atoms with E-state index >= 15 is 0 Å². The molecule has 0 aliphatic rings. The summed E-state index contributed by atoms with van der Waals surface area (Å²) in [5.41, 5.74) is 2.06. The minimum atomic E-state index is 0.0443. The minimum absolute atomic E-state index is 0.0443. The van der Waals surface area contributed by atoms with Gasteiger partial charge < -0.3 is 14.3 Å². The van der Waals surface area contributed by atoms with Gasteiger partial charge >= 0.3 is 0 Å². The highest BCUT2D eigenvalue weighted by atomic mass is 32.2. The van der Waals surface area contributed by atoms with Gasteiger partial charge in [0.2, 0.25) is 5.89 Å². The van der Waals surface area contributed by atoms with Gasteiger partial charge in [0.15, 0.2) is 0 Å². The molecule has 0 aliphatic heterocycles. The van der Waals surface area contributed by atoms with Gasteiger partial charge in [0.1, 0.15) is 0 Å². The fourth-order valence-corrected chi connectivity index (χ4v) is 2.16. The van der Waals surface area contributed by atoms with E-state index in [0.717, 1.165) is 16.9 Å². The van der Waals surface area contributed by atoms with Gasteiger partial charge in [0, 0.05) is 11.3 Å². The van der Waals surface area contributed by atoms with Crippen LogP contribution in [-0.4, -0.2) is 40.9 Å². The Morgan fingerprint density at radius 3 is 2.89 bits per heavy atom. The number of benzene rings is 1. The Kier molecular flexibility index (Phi) is 5.38. The summed E-state index contributed by atoms with van der Waals surface area (Å²) in [6.07, 6.45) is 0. The van der Waals surface area contributed by atoms with Crippen molar-refractivity contribution in [2.75, 3.05) is 25.6 Å². The lowest BCUT2D eigenvalue weighted by molar-refractivity contribution is 0.103. The summed E-state index contributed by atoms with van der Waals surface area (Å²) in [4.78, 5) is 0. The second-order valence-corrected chi connectivity index (χ2v) is 4.92. The zero-order valence-electron chi connectivity index (χ0n) is 10.7. The first kappa shape index (κ1) is 14.0. The maximum atomic E-state index is 8.57. The predicted octanol–water partition coefficient (Wildman–Crippen LogP) is 2.15. The van der Waals surface area contributed by atoms with Crippen LogP contribution in [0.25, 0.3) is 11.5 Å². The van der Waals surface area contributed by atoms with E-state index in [4.69, 9.17) is 14.3 Å². The molecule has 19 heavy (non-hydrogen) atoms. The third-order valence-corrected chi connectivity index (χ3v) is 3.25. The fraction of sp³-hybridized carbons (Fsp3) is 0.385. The number of hydrogen-bond donors (Lipinski definition) is 1. The van der Waals surface area contributed by atoms with E-state index in [-0.39, 0.29) is 6.61 Å². The highest BCUT2D eigenvalue weighted by Crippen LogP contribution is 2.25. The lowest BCUT2D eigenvalue weighted by Crippen LogP contribution is -2.02. The molecule has 5 nitrogen and oxygen atoms in total. The number of rotatable bonds is 7. The molecule has 0 spiro atoms. The van der Waals surface area contributed by atoms with Gasteiger partial charge in [-0.05, 0) is 18.6 Å². The molecule has 2 rings (SSSR count). The molecular formula is C13H16N2O3S. The van der Waals surface area contributed by atoms with Gasteiger partial charge in [-0.25, -0.2) is 0 Å². The normalized spacial score (nSPS) is 10.8. The minimum Gasteiger partial charge on any atom is -0.411 e. The highest BCUT2D eigenvalue weighted by Gasteiger charge is 2.10. The number of aliphatic hydroxyl groups is 1. The van der Waals surface area contributed by atoms with Crippen molar-refractivity contribution in [3.05, 3.63) is 29.8 Å². The number of ether oxygens (including phenoxy) is 1. The Morgan fingerprint density at radius 1 is 1.26 bits per heavy atom. The molecule has 0 saturated carbocycles. The van der Waals surface area contributed by atoms with Crippen LogP contribution in [0.1, 0.15) is 5.56 Å². The van der Waals surface area contributed by atoms with Crippen molar-refractivity contribution >= 4 is 11.8 Å². The molecule has 0 unspecified atom stereocenters. The Balaban J connectivity index is 1.91. The number of nitrogens with zero attached hydrogens (tertiary/aromatic N) is 2. The van der Waals surface area contributed by atoms with Crippen LogP contribution in [0.3, 0.4) is 0 Å². The van der Waals surface area contributed by atoms with E-state index in [2.05, 4.69) is 10.2 Å². The van der Waals surface area contributed by atoms with E-state index in [1.807, 2.05) is 31.2 Å². The van der Waals surface area contributed by atoms with Crippen LogP contribution in [0.2, 0.25) is 0 Å². The molecule has 0 amide bonds. The molecular weight excluding hydrogens is 264 g/mol. The molecule has 2 aromatic rings. The quantitative estimate of drug-likeness (QED) is 0.619. The molecule has 6 heteroatoms. The summed E-state index contributed by atoms with van der Waals surface area (Å²) in [7, 11) is 0. The van der Waals surface area contributed by atoms with Gasteiger partial charge in [0.25, 0.3) is 5.22 Å². The SMILES string of the molecule is Cc1ccccc1-c1nnc(SCCOCCO)o1. The van der Waals surface area contributed by atoms with Crippen LogP contribution in [0.15, 0.2) is 33.9 Å². The summed E-state index contributed by atoms with van der Waals surface area (Å²) < 4.78 is 10.7. The van der Waals surface area contributed by atoms with Crippen LogP contribution < -0.4 is 0 Å². The van der Waals surface area contributed by atoms with E-state index in [0.29, 0.717) is 24.3 Å². The van der Waals surface area contributed by atoms with Crippen molar-refractivity contribution in [3.8, 4) is 11.5 Å². The first-order valence-corrected chi connectivity index (χ1v) is 7.00. The highest BCUT2D eigenvalue weighted by molar-refractivity contribution is 7.99. The average molecular weight is 280 g/mol. The van der Waals surface area contributed by atoms with Crippen molar-refractivity contribution in [2.45, 2.75) is 12.1 Å². The molecule has 0 bridgehead atoms. The van der Waals surface area contributed by atoms with Gasteiger partial charge in [0.05, 0.1) is 19.8 Å². The lowest BCUT2D eigenvalue weighted by Gasteiger charge is -1.99. The van der Waals surface area contributed by atoms with E-state index in [1.165, 1.54) is 11.8 Å². The third-order valence-electron chi connectivity index (χ3n) is 2.47. The molecule has 0 aliphatic carbocycles. The summed E-state index contributed by atoms with van der Waals surface area (Å²) >= 11 is 1.45. The Morgan fingerprint density at radius 2 is 2.11 bits per heavy atom. The maximum absolute atomic E-state index is 8.57. The monoisotopic (exact) mass is 280 g/mol. The van der Waals surface area contributed by atoms with Gasteiger partial charge in [-0.15, -0.1) is 10.2 Å². The number of aromatic nitrogens is 2. The van der Waals surface area contributed by atoms with E-state index < -0.39 is 0 Å². The Bertz CT molecular complexity index is 516. The van der Waals surface area contributed by atoms with Crippen LogP contribution >= 0.6 is 11.8 Å². The Hall–Kier alpha value is -1.37. The molecule has 0 atom stereocenters. The zero-order valence-corrected chi connectivity index (χ0v) is 11.5. The molecule has 102 valence electrons. The molecule has 0 radical (unpaired) electrons. The van der Waals surface area contributed by atoms with Gasteiger partial charge in [-0.3, -0.25) is 0 Å². The van der Waals surface area contributed by atoms with Crippen molar-refractivity contribution in [1.82, 2.24) is 10.2 Å². The average Bonchev–Trinajstić information content (AvgIpc) is 2.88. The molecule has 0 saturated heterocycles. The number of aliphatic hydroxyl groups excluding tert-OH is 1. The molecule has 1 aromatic carbocycles. The second-order valence-electron chi connectivity index (χ2n) is 3.87. The first-order chi connectivity index (χ1) is 9.31. The van der Waals surface area contributed by atoms with Gasteiger partial charge in [-0.1, -0.05) is 30.0 Å². The summed E-state index contributed by atoms with van der Waals surface area (Å²) in [5, 5.41) is 17.1. The predicted molar refractivity (Wildman–Crippen MR) is 73.1 cm³/mol. The molecule has 1 N–H and O–H groups in total. The molecule has 0 fully saturated rings. The van der Waals surface area contributed by atoms with Gasteiger partial charge in [-0.2, -0.15) is 0 Å². The van der Waals surface area contributed by atoms with E-state index in [1.54, 1.807) is 0 Å². The summed E-state index contributed by atoms with van der Waals surface area (Å²) in [5.74, 6) is 1.26. The van der Waals surface area contributed by atoms with Crippen LogP contribution in [0.5, 0.6) is 0 Å². The largest absolute Gasteiger partial charge is 0.411 e. The Labute approximate surface area is 116 Å². The second kappa shape index (κ2) is 7.28. The standard InChI is InChI=1S/C13H16N2O3S/c1-10-4-2-3-5-11(10)12-14-15-13(18-12)19-9-8-17-7-6-16/h2-5,16H,6-9H2,1H3. The smallest absolute Gasteiger partial charge is 0.276 e. The zero-order chi connectivity index (χ0) is 13.5. The van der Waals surface area contributed by atoms with Crippen molar-refractivity contribution < 1.29 is 14.3 Å². The van der Waals surface area contributed by atoms with Crippen molar-refractivity contribution in [3.63, 3.8) is 0 Å².